The molecule has 2 atom stereocenters. The van der Waals surface area contributed by atoms with Crippen LogP contribution in [-0.4, -0.2) is 25.2 Å². The minimum Gasteiger partial charge on any atom is -0.346 e. The Balaban J connectivity index is 1.73. The van der Waals surface area contributed by atoms with Crippen LogP contribution in [0.3, 0.4) is 0 Å². The zero-order valence-corrected chi connectivity index (χ0v) is 11.6. The third-order valence-electron chi connectivity index (χ3n) is 3.89. The number of nitrogens with one attached hydrogen (secondary N) is 1. The maximum Gasteiger partial charge on any atom is 0.243 e. The van der Waals surface area contributed by atoms with Gasteiger partial charge in [0.25, 0.3) is 0 Å². The third-order valence-corrected chi connectivity index (χ3v) is 3.89. The van der Waals surface area contributed by atoms with E-state index in [9.17, 15) is 4.39 Å². The lowest BCUT2D eigenvalue weighted by Gasteiger charge is -2.30. The van der Waals surface area contributed by atoms with Gasteiger partial charge in [0.15, 0.2) is 0 Å². The SMILES string of the molecule is Fc1ccc(C2CC(c3cccnc3)Nc3nnnn32)cc1. The van der Waals surface area contributed by atoms with Crippen LogP contribution in [0.4, 0.5) is 10.3 Å². The summed E-state index contributed by atoms with van der Waals surface area (Å²) >= 11 is 0. The van der Waals surface area contributed by atoms with Crippen LogP contribution >= 0.6 is 0 Å². The summed E-state index contributed by atoms with van der Waals surface area (Å²) in [6.45, 7) is 0. The van der Waals surface area contributed by atoms with Crippen LogP contribution in [0.1, 0.15) is 29.6 Å². The lowest BCUT2D eigenvalue weighted by atomic mass is 9.94. The molecule has 1 aromatic carbocycles. The van der Waals surface area contributed by atoms with E-state index in [-0.39, 0.29) is 17.9 Å². The normalized spacial score (nSPS) is 20.2. The van der Waals surface area contributed by atoms with Gasteiger partial charge in [0.1, 0.15) is 5.82 Å². The number of pyridine rings is 1. The molecule has 22 heavy (non-hydrogen) atoms. The van der Waals surface area contributed by atoms with Crippen molar-refractivity contribution < 1.29 is 4.39 Å². The molecule has 2 unspecified atom stereocenters. The highest BCUT2D eigenvalue weighted by Crippen LogP contribution is 2.36. The molecule has 3 aromatic rings. The molecular weight excluding hydrogens is 283 g/mol. The molecule has 1 N–H and O–H groups in total. The van der Waals surface area contributed by atoms with E-state index in [1.807, 2.05) is 18.3 Å². The maximum atomic E-state index is 13.2. The minimum atomic E-state index is -0.251. The van der Waals surface area contributed by atoms with E-state index >= 15 is 0 Å². The first-order valence-electron chi connectivity index (χ1n) is 7.01. The van der Waals surface area contributed by atoms with Gasteiger partial charge in [0, 0.05) is 12.4 Å². The van der Waals surface area contributed by atoms with Gasteiger partial charge in [-0.25, -0.2) is 9.07 Å². The van der Waals surface area contributed by atoms with Crippen LogP contribution in [0.2, 0.25) is 0 Å². The van der Waals surface area contributed by atoms with Crippen LogP contribution in [0.15, 0.2) is 48.8 Å². The van der Waals surface area contributed by atoms with E-state index < -0.39 is 0 Å². The van der Waals surface area contributed by atoms with Gasteiger partial charge in [-0.3, -0.25) is 4.98 Å². The largest absolute Gasteiger partial charge is 0.346 e. The van der Waals surface area contributed by atoms with Crippen LogP contribution in [0.5, 0.6) is 0 Å². The van der Waals surface area contributed by atoms with Gasteiger partial charge in [0.2, 0.25) is 5.95 Å². The molecule has 0 aliphatic carbocycles. The van der Waals surface area contributed by atoms with Crippen LogP contribution in [0, 0.1) is 5.82 Å². The number of anilines is 1. The van der Waals surface area contributed by atoms with Crippen molar-refractivity contribution in [3.8, 4) is 0 Å². The van der Waals surface area contributed by atoms with Crippen LogP contribution in [-0.2, 0) is 0 Å². The second kappa shape index (κ2) is 5.18. The summed E-state index contributed by atoms with van der Waals surface area (Å²) < 4.78 is 14.9. The number of halogens is 1. The summed E-state index contributed by atoms with van der Waals surface area (Å²) in [5, 5.41) is 15.1. The number of tetrazole rings is 1. The fourth-order valence-corrected chi connectivity index (χ4v) is 2.80. The van der Waals surface area contributed by atoms with Crippen molar-refractivity contribution >= 4 is 5.95 Å². The number of fused-ring (bicyclic) bond motifs is 1. The van der Waals surface area contributed by atoms with Gasteiger partial charge in [-0.1, -0.05) is 23.3 Å². The molecule has 7 heteroatoms. The first-order valence-corrected chi connectivity index (χ1v) is 7.01. The molecule has 0 bridgehead atoms. The Morgan fingerprint density at radius 2 is 2.00 bits per heavy atom. The van der Waals surface area contributed by atoms with Gasteiger partial charge >= 0.3 is 0 Å². The van der Waals surface area contributed by atoms with Crippen LogP contribution < -0.4 is 5.32 Å². The van der Waals surface area contributed by atoms with Crippen molar-refractivity contribution in [2.75, 3.05) is 5.32 Å². The Kier molecular flexibility index (Phi) is 3.03. The molecule has 0 saturated carbocycles. The molecule has 3 heterocycles. The fraction of sp³-hybridized carbons (Fsp3) is 0.200. The highest BCUT2D eigenvalue weighted by atomic mass is 19.1. The first kappa shape index (κ1) is 12.9. The fourth-order valence-electron chi connectivity index (χ4n) is 2.80. The molecule has 6 nitrogen and oxygen atoms in total. The van der Waals surface area contributed by atoms with Crippen molar-refractivity contribution in [2.45, 2.75) is 18.5 Å². The predicted molar refractivity (Wildman–Crippen MR) is 77.6 cm³/mol. The number of rotatable bonds is 2. The highest BCUT2D eigenvalue weighted by molar-refractivity contribution is 5.36. The molecule has 0 radical (unpaired) electrons. The highest BCUT2D eigenvalue weighted by Gasteiger charge is 2.30. The van der Waals surface area contributed by atoms with Gasteiger partial charge in [-0.15, -0.1) is 0 Å². The molecule has 4 rings (SSSR count). The Morgan fingerprint density at radius 1 is 1.14 bits per heavy atom. The maximum absolute atomic E-state index is 13.2. The standard InChI is InChI=1S/C15H13FN6/c16-12-5-3-10(4-6-12)14-8-13(11-2-1-7-17-9-11)18-15-19-20-21-22(14)15/h1-7,9,13-14H,8H2,(H,18,19,21). The molecule has 1 aliphatic rings. The zero-order chi connectivity index (χ0) is 14.9. The summed E-state index contributed by atoms with van der Waals surface area (Å²) in [5.41, 5.74) is 2.05. The molecule has 0 fully saturated rings. The monoisotopic (exact) mass is 296 g/mol. The third kappa shape index (κ3) is 2.20. The van der Waals surface area contributed by atoms with Crippen molar-refractivity contribution in [1.82, 2.24) is 25.2 Å². The van der Waals surface area contributed by atoms with E-state index in [0.717, 1.165) is 17.5 Å². The van der Waals surface area contributed by atoms with E-state index in [2.05, 4.69) is 25.8 Å². The molecule has 110 valence electrons. The topological polar surface area (TPSA) is 68.5 Å². The van der Waals surface area contributed by atoms with E-state index in [1.54, 1.807) is 23.0 Å². The summed E-state index contributed by atoms with van der Waals surface area (Å²) in [4.78, 5) is 4.16. The average Bonchev–Trinajstić information content (AvgIpc) is 3.04. The Hall–Kier alpha value is -2.83. The molecular formula is C15H13FN6. The number of benzene rings is 1. The smallest absolute Gasteiger partial charge is 0.243 e. The van der Waals surface area contributed by atoms with Crippen LogP contribution in [0.25, 0.3) is 0 Å². The molecule has 0 spiro atoms. The second-order valence-corrected chi connectivity index (χ2v) is 5.23. The lowest BCUT2D eigenvalue weighted by molar-refractivity contribution is 0.423. The van der Waals surface area contributed by atoms with Gasteiger partial charge < -0.3 is 5.32 Å². The Bertz CT molecular complexity index is 770. The summed E-state index contributed by atoms with van der Waals surface area (Å²) in [5.74, 6) is 0.355. The summed E-state index contributed by atoms with van der Waals surface area (Å²) in [7, 11) is 0. The molecule has 2 aromatic heterocycles. The van der Waals surface area contributed by atoms with Crippen molar-refractivity contribution in [3.63, 3.8) is 0 Å². The van der Waals surface area contributed by atoms with Crippen molar-refractivity contribution in [3.05, 3.63) is 65.7 Å². The number of aromatic nitrogens is 5. The molecule has 0 amide bonds. The number of hydrogen-bond acceptors (Lipinski definition) is 5. The first-order chi connectivity index (χ1) is 10.8. The second-order valence-electron chi connectivity index (χ2n) is 5.23. The average molecular weight is 296 g/mol. The molecule has 0 saturated heterocycles. The van der Waals surface area contributed by atoms with Crippen molar-refractivity contribution in [2.24, 2.45) is 0 Å². The van der Waals surface area contributed by atoms with Gasteiger partial charge in [-0.05, 0) is 46.2 Å². The Morgan fingerprint density at radius 3 is 2.77 bits per heavy atom. The van der Waals surface area contributed by atoms with E-state index in [0.29, 0.717) is 5.95 Å². The van der Waals surface area contributed by atoms with Gasteiger partial charge in [-0.2, -0.15) is 0 Å². The van der Waals surface area contributed by atoms with E-state index in [1.165, 1.54) is 12.1 Å². The minimum absolute atomic E-state index is 0.0444. The van der Waals surface area contributed by atoms with Crippen molar-refractivity contribution in [1.29, 1.82) is 0 Å². The number of hydrogen-bond donors (Lipinski definition) is 1. The molecule has 1 aliphatic heterocycles. The quantitative estimate of drug-likeness (QED) is 0.786. The number of nitrogens with zero attached hydrogens (tertiary/aromatic N) is 5. The zero-order valence-electron chi connectivity index (χ0n) is 11.6. The lowest BCUT2D eigenvalue weighted by Crippen LogP contribution is -2.28. The Labute approximate surface area is 126 Å². The van der Waals surface area contributed by atoms with Gasteiger partial charge in [0.05, 0.1) is 12.1 Å². The van der Waals surface area contributed by atoms with E-state index in [4.69, 9.17) is 0 Å². The predicted octanol–water partition coefficient (Wildman–Crippen LogP) is 2.35. The summed E-state index contributed by atoms with van der Waals surface area (Å²) in [6, 6.07) is 10.4. The summed E-state index contributed by atoms with van der Waals surface area (Å²) in [6.07, 6.45) is 4.34.